The predicted molar refractivity (Wildman–Crippen MR) is 104 cm³/mol. The summed E-state index contributed by atoms with van der Waals surface area (Å²) in [5.74, 6) is -0.390. The van der Waals surface area contributed by atoms with Crippen LogP contribution in [0.25, 0.3) is 0 Å². The van der Waals surface area contributed by atoms with Crippen molar-refractivity contribution in [1.29, 1.82) is 0 Å². The molecular formula is C22H26N2O2. The van der Waals surface area contributed by atoms with Gasteiger partial charge in [0.1, 0.15) is 5.41 Å². The SMILES string of the molecule is Cc1cc(C)c(NC(=O)C2(C(=O)NC(C)c3ccccc3)CC2)c(C)c1. The molecule has 0 aromatic heterocycles. The molecule has 2 amide bonds. The van der Waals surface area contributed by atoms with Crippen molar-refractivity contribution in [3.05, 3.63) is 64.7 Å². The highest BCUT2D eigenvalue weighted by Gasteiger charge is 2.56. The number of hydrogen-bond donors (Lipinski definition) is 2. The molecule has 4 heteroatoms. The lowest BCUT2D eigenvalue weighted by atomic mass is 10.0. The molecule has 0 radical (unpaired) electrons. The molecule has 2 aromatic carbocycles. The number of rotatable bonds is 5. The van der Waals surface area contributed by atoms with Gasteiger partial charge in [0, 0.05) is 5.69 Å². The highest BCUT2D eigenvalue weighted by molar-refractivity contribution is 6.13. The van der Waals surface area contributed by atoms with E-state index < -0.39 is 5.41 Å². The number of carbonyl (C=O) groups excluding carboxylic acids is 2. The molecule has 1 aliphatic carbocycles. The molecule has 1 saturated carbocycles. The Balaban J connectivity index is 1.72. The molecule has 1 atom stereocenters. The monoisotopic (exact) mass is 350 g/mol. The number of carbonyl (C=O) groups is 2. The van der Waals surface area contributed by atoms with Gasteiger partial charge >= 0.3 is 0 Å². The van der Waals surface area contributed by atoms with Crippen LogP contribution in [0.15, 0.2) is 42.5 Å². The summed E-state index contributed by atoms with van der Waals surface area (Å²) in [6.07, 6.45) is 1.19. The van der Waals surface area contributed by atoms with Crippen LogP contribution in [0.5, 0.6) is 0 Å². The number of amides is 2. The lowest BCUT2D eigenvalue weighted by Crippen LogP contribution is -2.41. The highest BCUT2D eigenvalue weighted by Crippen LogP contribution is 2.47. The summed E-state index contributed by atoms with van der Waals surface area (Å²) in [7, 11) is 0. The topological polar surface area (TPSA) is 58.2 Å². The van der Waals surface area contributed by atoms with Gasteiger partial charge in [0.25, 0.3) is 0 Å². The zero-order valence-corrected chi connectivity index (χ0v) is 15.8. The molecule has 0 heterocycles. The largest absolute Gasteiger partial charge is 0.349 e. The van der Waals surface area contributed by atoms with Gasteiger partial charge in [0.2, 0.25) is 11.8 Å². The number of hydrogen-bond acceptors (Lipinski definition) is 2. The van der Waals surface area contributed by atoms with E-state index in [-0.39, 0.29) is 17.9 Å². The molecule has 0 aliphatic heterocycles. The Bertz CT molecular complexity index is 815. The second kappa shape index (κ2) is 6.94. The molecule has 4 nitrogen and oxygen atoms in total. The van der Waals surface area contributed by atoms with Crippen molar-refractivity contribution in [3.63, 3.8) is 0 Å². The summed E-state index contributed by atoms with van der Waals surface area (Å²) in [6.45, 7) is 7.93. The average Bonchev–Trinajstić information content (AvgIpc) is 3.40. The Morgan fingerprint density at radius 2 is 1.54 bits per heavy atom. The van der Waals surface area contributed by atoms with E-state index >= 15 is 0 Å². The number of aryl methyl sites for hydroxylation is 3. The van der Waals surface area contributed by atoms with Crippen molar-refractivity contribution in [2.75, 3.05) is 5.32 Å². The van der Waals surface area contributed by atoms with Crippen LogP contribution in [0.1, 0.15) is 48.1 Å². The average molecular weight is 350 g/mol. The fourth-order valence-corrected chi connectivity index (χ4v) is 3.45. The molecule has 1 unspecified atom stereocenters. The van der Waals surface area contributed by atoms with Crippen LogP contribution in [-0.4, -0.2) is 11.8 Å². The Labute approximate surface area is 155 Å². The maximum Gasteiger partial charge on any atom is 0.240 e. The van der Waals surface area contributed by atoms with E-state index in [0.29, 0.717) is 12.8 Å². The number of nitrogens with one attached hydrogen (secondary N) is 2. The smallest absolute Gasteiger partial charge is 0.240 e. The fourth-order valence-electron chi connectivity index (χ4n) is 3.45. The minimum atomic E-state index is -0.938. The van der Waals surface area contributed by atoms with E-state index in [0.717, 1.165) is 27.9 Å². The predicted octanol–water partition coefficient (Wildman–Crippen LogP) is 4.21. The first-order chi connectivity index (χ1) is 12.3. The third-order valence-electron chi connectivity index (χ3n) is 5.18. The van der Waals surface area contributed by atoms with E-state index in [1.807, 2.05) is 70.2 Å². The van der Waals surface area contributed by atoms with E-state index in [4.69, 9.17) is 0 Å². The maximum atomic E-state index is 12.9. The molecule has 3 rings (SSSR count). The summed E-state index contributed by atoms with van der Waals surface area (Å²) in [5.41, 5.74) is 4.10. The van der Waals surface area contributed by atoms with Crippen LogP contribution in [0.2, 0.25) is 0 Å². The van der Waals surface area contributed by atoms with E-state index in [2.05, 4.69) is 10.6 Å². The number of anilines is 1. The standard InChI is InChI=1S/C22H26N2O2/c1-14-12-15(2)19(16(3)13-14)24-21(26)22(10-11-22)20(25)23-17(4)18-8-6-5-7-9-18/h5-9,12-13,17H,10-11H2,1-4H3,(H,23,25)(H,24,26). The Kier molecular flexibility index (Phi) is 4.86. The Morgan fingerprint density at radius 3 is 2.08 bits per heavy atom. The summed E-state index contributed by atoms with van der Waals surface area (Å²) in [6, 6.07) is 13.7. The molecule has 2 aromatic rings. The third kappa shape index (κ3) is 3.50. The van der Waals surface area contributed by atoms with Crippen molar-refractivity contribution in [2.45, 2.75) is 46.6 Å². The van der Waals surface area contributed by atoms with Crippen molar-refractivity contribution in [1.82, 2.24) is 5.32 Å². The normalized spacial score (nSPS) is 15.8. The van der Waals surface area contributed by atoms with Gasteiger partial charge in [-0.25, -0.2) is 0 Å². The third-order valence-corrected chi connectivity index (χ3v) is 5.18. The highest BCUT2D eigenvalue weighted by atomic mass is 16.2. The van der Waals surface area contributed by atoms with Crippen LogP contribution >= 0.6 is 0 Å². The fraction of sp³-hybridized carbons (Fsp3) is 0.364. The van der Waals surface area contributed by atoms with Crippen LogP contribution in [-0.2, 0) is 9.59 Å². The molecule has 136 valence electrons. The second-order valence-electron chi connectivity index (χ2n) is 7.42. The van der Waals surface area contributed by atoms with Crippen LogP contribution in [0.3, 0.4) is 0 Å². The van der Waals surface area contributed by atoms with Gasteiger partial charge in [-0.2, -0.15) is 0 Å². The van der Waals surface area contributed by atoms with Gasteiger partial charge in [-0.1, -0.05) is 48.0 Å². The summed E-state index contributed by atoms with van der Waals surface area (Å²) in [5, 5.41) is 6.01. The maximum absolute atomic E-state index is 12.9. The van der Waals surface area contributed by atoms with Crippen molar-refractivity contribution in [3.8, 4) is 0 Å². The van der Waals surface area contributed by atoms with Gasteiger partial charge < -0.3 is 10.6 Å². The van der Waals surface area contributed by atoms with E-state index in [1.165, 1.54) is 0 Å². The lowest BCUT2D eigenvalue weighted by Gasteiger charge is -2.21. The first-order valence-corrected chi connectivity index (χ1v) is 9.09. The zero-order valence-electron chi connectivity index (χ0n) is 15.8. The van der Waals surface area contributed by atoms with Crippen LogP contribution in [0.4, 0.5) is 5.69 Å². The first-order valence-electron chi connectivity index (χ1n) is 9.09. The van der Waals surface area contributed by atoms with Crippen LogP contribution < -0.4 is 10.6 Å². The quantitative estimate of drug-likeness (QED) is 0.794. The van der Waals surface area contributed by atoms with Crippen molar-refractivity contribution < 1.29 is 9.59 Å². The number of benzene rings is 2. The minimum absolute atomic E-state index is 0.128. The molecule has 0 bridgehead atoms. The van der Waals surface area contributed by atoms with E-state index in [1.54, 1.807) is 0 Å². The van der Waals surface area contributed by atoms with Crippen molar-refractivity contribution in [2.24, 2.45) is 5.41 Å². The van der Waals surface area contributed by atoms with Gasteiger partial charge in [-0.3, -0.25) is 9.59 Å². The molecule has 26 heavy (non-hydrogen) atoms. The molecule has 1 fully saturated rings. The summed E-state index contributed by atoms with van der Waals surface area (Å²) < 4.78 is 0. The minimum Gasteiger partial charge on any atom is -0.349 e. The molecule has 2 N–H and O–H groups in total. The van der Waals surface area contributed by atoms with Crippen molar-refractivity contribution >= 4 is 17.5 Å². The zero-order chi connectivity index (χ0) is 18.9. The van der Waals surface area contributed by atoms with E-state index in [9.17, 15) is 9.59 Å². The van der Waals surface area contributed by atoms with Gasteiger partial charge in [-0.05, 0) is 57.2 Å². The van der Waals surface area contributed by atoms with Gasteiger partial charge in [-0.15, -0.1) is 0 Å². The molecule has 0 spiro atoms. The summed E-state index contributed by atoms with van der Waals surface area (Å²) >= 11 is 0. The Morgan fingerprint density at radius 1 is 0.962 bits per heavy atom. The Hall–Kier alpha value is -2.62. The molecule has 1 aliphatic rings. The lowest BCUT2D eigenvalue weighted by molar-refractivity contribution is -0.134. The van der Waals surface area contributed by atoms with Gasteiger partial charge in [0.15, 0.2) is 0 Å². The first kappa shape index (κ1) is 18.2. The second-order valence-corrected chi connectivity index (χ2v) is 7.42. The molecular weight excluding hydrogens is 324 g/mol. The van der Waals surface area contributed by atoms with Gasteiger partial charge in [0.05, 0.1) is 6.04 Å². The summed E-state index contributed by atoms with van der Waals surface area (Å²) in [4.78, 5) is 25.7. The molecule has 0 saturated heterocycles. The van der Waals surface area contributed by atoms with Crippen LogP contribution in [0, 0.1) is 26.2 Å².